The Balaban J connectivity index is 2.31. The van der Waals surface area contributed by atoms with Gasteiger partial charge in [-0.1, -0.05) is 20.8 Å². The molecule has 0 spiro atoms. The third-order valence-corrected chi connectivity index (χ3v) is 5.11. The first-order valence-electron chi connectivity index (χ1n) is 8.11. The standard InChI is InChI=1S/C16H32N2O/c1-4-16(5-2,6-3)18-15(19)12-9-13-7-10-14(17)11-8-13/h13-14H,4-12,17H2,1-3H3,(H,18,19). The summed E-state index contributed by atoms with van der Waals surface area (Å²) >= 11 is 0. The summed E-state index contributed by atoms with van der Waals surface area (Å²) in [4.78, 5) is 12.1. The molecule has 0 aromatic rings. The van der Waals surface area contributed by atoms with Gasteiger partial charge < -0.3 is 11.1 Å². The number of nitrogens with one attached hydrogen (secondary N) is 1. The fraction of sp³-hybridized carbons (Fsp3) is 0.938. The summed E-state index contributed by atoms with van der Waals surface area (Å²) in [5.41, 5.74) is 5.93. The number of hydrogen-bond donors (Lipinski definition) is 2. The molecule has 0 atom stereocenters. The van der Waals surface area contributed by atoms with Crippen molar-refractivity contribution in [2.24, 2.45) is 11.7 Å². The van der Waals surface area contributed by atoms with Crippen molar-refractivity contribution in [3.05, 3.63) is 0 Å². The van der Waals surface area contributed by atoms with E-state index in [0.29, 0.717) is 18.4 Å². The molecule has 0 saturated heterocycles. The average Bonchev–Trinajstić information content (AvgIpc) is 2.44. The van der Waals surface area contributed by atoms with Gasteiger partial charge in [-0.2, -0.15) is 0 Å². The highest BCUT2D eigenvalue weighted by Gasteiger charge is 2.26. The molecule has 0 heterocycles. The van der Waals surface area contributed by atoms with Gasteiger partial charge in [-0.3, -0.25) is 4.79 Å². The lowest BCUT2D eigenvalue weighted by atomic mass is 9.83. The van der Waals surface area contributed by atoms with Gasteiger partial charge in [0.15, 0.2) is 0 Å². The van der Waals surface area contributed by atoms with Crippen LogP contribution in [0.5, 0.6) is 0 Å². The Labute approximate surface area is 118 Å². The van der Waals surface area contributed by atoms with Crippen LogP contribution in [0, 0.1) is 5.92 Å². The van der Waals surface area contributed by atoms with E-state index in [1.54, 1.807) is 0 Å². The van der Waals surface area contributed by atoms with Crippen molar-refractivity contribution in [2.45, 2.75) is 90.1 Å². The number of carbonyl (C=O) groups excluding carboxylic acids is 1. The molecule has 1 saturated carbocycles. The Hall–Kier alpha value is -0.570. The van der Waals surface area contributed by atoms with E-state index < -0.39 is 0 Å². The van der Waals surface area contributed by atoms with Crippen LogP contribution in [0.25, 0.3) is 0 Å². The van der Waals surface area contributed by atoms with E-state index in [1.807, 2.05) is 0 Å². The van der Waals surface area contributed by atoms with Crippen LogP contribution >= 0.6 is 0 Å². The number of amides is 1. The van der Waals surface area contributed by atoms with Crippen molar-refractivity contribution in [1.82, 2.24) is 5.32 Å². The topological polar surface area (TPSA) is 55.1 Å². The van der Waals surface area contributed by atoms with Crippen LogP contribution in [0.2, 0.25) is 0 Å². The van der Waals surface area contributed by atoms with Crippen molar-refractivity contribution < 1.29 is 4.79 Å². The van der Waals surface area contributed by atoms with Gasteiger partial charge in [-0.05, 0) is 57.3 Å². The number of nitrogens with two attached hydrogens (primary N) is 1. The summed E-state index contributed by atoms with van der Waals surface area (Å²) in [6.07, 6.45) is 9.44. The van der Waals surface area contributed by atoms with E-state index in [2.05, 4.69) is 26.1 Å². The number of rotatable bonds is 7. The zero-order chi connectivity index (χ0) is 14.3. The summed E-state index contributed by atoms with van der Waals surface area (Å²) in [6, 6.07) is 0.401. The van der Waals surface area contributed by atoms with Crippen molar-refractivity contribution in [3.8, 4) is 0 Å². The predicted molar refractivity (Wildman–Crippen MR) is 80.9 cm³/mol. The number of hydrogen-bond acceptors (Lipinski definition) is 2. The molecule has 3 nitrogen and oxygen atoms in total. The van der Waals surface area contributed by atoms with Gasteiger partial charge in [0.1, 0.15) is 0 Å². The maximum atomic E-state index is 12.1. The van der Waals surface area contributed by atoms with Gasteiger partial charge in [0.25, 0.3) is 0 Å². The average molecular weight is 268 g/mol. The molecule has 19 heavy (non-hydrogen) atoms. The van der Waals surface area contributed by atoms with Crippen LogP contribution in [0.3, 0.4) is 0 Å². The molecule has 0 unspecified atom stereocenters. The molecule has 3 heteroatoms. The highest BCUT2D eigenvalue weighted by Crippen LogP contribution is 2.27. The Morgan fingerprint density at radius 1 is 1.11 bits per heavy atom. The second kappa shape index (κ2) is 7.88. The summed E-state index contributed by atoms with van der Waals surface area (Å²) in [6.45, 7) is 6.49. The highest BCUT2D eigenvalue weighted by molar-refractivity contribution is 5.76. The Morgan fingerprint density at radius 3 is 2.11 bits per heavy atom. The van der Waals surface area contributed by atoms with Crippen molar-refractivity contribution in [1.29, 1.82) is 0 Å². The van der Waals surface area contributed by atoms with E-state index in [-0.39, 0.29) is 11.4 Å². The summed E-state index contributed by atoms with van der Waals surface area (Å²) < 4.78 is 0. The monoisotopic (exact) mass is 268 g/mol. The maximum Gasteiger partial charge on any atom is 0.220 e. The summed E-state index contributed by atoms with van der Waals surface area (Å²) in [7, 11) is 0. The summed E-state index contributed by atoms with van der Waals surface area (Å²) in [5, 5.41) is 3.26. The van der Waals surface area contributed by atoms with Gasteiger partial charge in [-0.25, -0.2) is 0 Å². The third-order valence-electron chi connectivity index (χ3n) is 5.11. The summed E-state index contributed by atoms with van der Waals surface area (Å²) in [5.74, 6) is 0.949. The molecule has 1 amide bonds. The Morgan fingerprint density at radius 2 is 1.63 bits per heavy atom. The molecule has 1 aliphatic carbocycles. The second-order valence-electron chi connectivity index (χ2n) is 6.21. The van der Waals surface area contributed by atoms with Crippen LogP contribution in [0.4, 0.5) is 0 Å². The molecule has 0 radical (unpaired) electrons. The molecule has 1 aliphatic rings. The Bertz CT molecular complexity index is 258. The Kier molecular flexibility index (Phi) is 6.84. The van der Waals surface area contributed by atoms with Crippen LogP contribution < -0.4 is 11.1 Å². The molecular formula is C16H32N2O. The fourth-order valence-electron chi connectivity index (χ4n) is 3.19. The molecule has 0 bridgehead atoms. The molecule has 1 rings (SSSR count). The minimum Gasteiger partial charge on any atom is -0.351 e. The fourth-order valence-corrected chi connectivity index (χ4v) is 3.19. The highest BCUT2D eigenvalue weighted by atomic mass is 16.1. The lowest BCUT2D eigenvalue weighted by Crippen LogP contribution is -2.47. The molecule has 3 N–H and O–H groups in total. The zero-order valence-corrected chi connectivity index (χ0v) is 13.0. The van der Waals surface area contributed by atoms with Crippen LogP contribution in [0.15, 0.2) is 0 Å². The lowest BCUT2D eigenvalue weighted by molar-refractivity contribution is -0.123. The van der Waals surface area contributed by atoms with Crippen LogP contribution in [0.1, 0.15) is 78.6 Å². The van der Waals surface area contributed by atoms with Gasteiger partial charge >= 0.3 is 0 Å². The predicted octanol–water partition coefficient (Wildman–Crippen LogP) is 3.37. The molecule has 0 aromatic carbocycles. The van der Waals surface area contributed by atoms with Gasteiger partial charge in [0.2, 0.25) is 5.91 Å². The largest absolute Gasteiger partial charge is 0.351 e. The first-order chi connectivity index (χ1) is 9.05. The number of carbonyl (C=O) groups is 1. The molecule has 0 aliphatic heterocycles. The zero-order valence-electron chi connectivity index (χ0n) is 13.0. The smallest absolute Gasteiger partial charge is 0.220 e. The first-order valence-corrected chi connectivity index (χ1v) is 8.11. The van der Waals surface area contributed by atoms with E-state index in [4.69, 9.17) is 5.73 Å². The maximum absolute atomic E-state index is 12.1. The lowest BCUT2D eigenvalue weighted by Gasteiger charge is -2.32. The molecular weight excluding hydrogens is 236 g/mol. The second-order valence-corrected chi connectivity index (χ2v) is 6.21. The van der Waals surface area contributed by atoms with Gasteiger partial charge in [0, 0.05) is 18.0 Å². The van der Waals surface area contributed by atoms with Crippen molar-refractivity contribution >= 4 is 5.91 Å². The normalized spacial score (nSPS) is 24.2. The van der Waals surface area contributed by atoms with Crippen LogP contribution in [-0.4, -0.2) is 17.5 Å². The van der Waals surface area contributed by atoms with E-state index >= 15 is 0 Å². The minimum atomic E-state index is 0.0198. The van der Waals surface area contributed by atoms with Crippen molar-refractivity contribution in [2.75, 3.05) is 0 Å². The molecule has 112 valence electrons. The van der Waals surface area contributed by atoms with E-state index in [0.717, 1.165) is 38.5 Å². The third kappa shape index (κ3) is 5.13. The molecule has 0 aromatic heterocycles. The first kappa shape index (κ1) is 16.5. The SMILES string of the molecule is CCC(CC)(CC)NC(=O)CCC1CCC(N)CC1. The van der Waals surface area contributed by atoms with E-state index in [9.17, 15) is 4.79 Å². The quantitative estimate of drug-likeness (QED) is 0.744. The van der Waals surface area contributed by atoms with Gasteiger partial charge in [0.05, 0.1) is 0 Å². The van der Waals surface area contributed by atoms with Crippen LogP contribution in [-0.2, 0) is 4.79 Å². The van der Waals surface area contributed by atoms with Gasteiger partial charge in [-0.15, -0.1) is 0 Å². The molecule has 1 fully saturated rings. The van der Waals surface area contributed by atoms with Crippen molar-refractivity contribution in [3.63, 3.8) is 0 Å². The minimum absolute atomic E-state index is 0.0198. The van der Waals surface area contributed by atoms with E-state index in [1.165, 1.54) is 12.8 Å².